The van der Waals surface area contributed by atoms with E-state index in [1.54, 1.807) is 48.5 Å². The van der Waals surface area contributed by atoms with Crippen molar-refractivity contribution in [2.45, 2.75) is 24.4 Å². The molecule has 0 aliphatic carbocycles. The van der Waals surface area contributed by atoms with Crippen molar-refractivity contribution in [1.29, 1.82) is 0 Å². The molecule has 0 radical (unpaired) electrons. The third-order valence-electron chi connectivity index (χ3n) is 5.13. The highest BCUT2D eigenvalue weighted by atomic mass is 79.9. The number of halogens is 1. The van der Waals surface area contributed by atoms with Crippen LogP contribution < -0.4 is 10.1 Å². The molecule has 1 aliphatic rings. The molecular formula is C24H23BrN2O7S. The fourth-order valence-corrected chi connectivity index (χ4v) is 4.45. The van der Waals surface area contributed by atoms with Crippen molar-refractivity contribution in [1.82, 2.24) is 10.2 Å². The van der Waals surface area contributed by atoms with Crippen molar-refractivity contribution in [2.75, 3.05) is 12.4 Å². The maximum atomic E-state index is 12.9. The topological polar surface area (TPSA) is 122 Å². The average Bonchev–Trinajstić information content (AvgIpc) is 2.88. The maximum absolute atomic E-state index is 12.9. The van der Waals surface area contributed by atoms with Gasteiger partial charge in [0.05, 0.1) is 18.9 Å². The lowest BCUT2D eigenvalue weighted by molar-refractivity contribution is -0.153. The van der Waals surface area contributed by atoms with Gasteiger partial charge in [0.2, 0.25) is 5.91 Å². The number of thioether (sulfide) groups is 1. The Kier molecular flexibility index (Phi) is 9.32. The summed E-state index contributed by atoms with van der Waals surface area (Å²) in [5, 5.41) is 11.9. The average molecular weight is 563 g/mol. The van der Waals surface area contributed by atoms with Crippen LogP contribution in [0.2, 0.25) is 0 Å². The lowest BCUT2D eigenvalue weighted by atomic mass is 10.0. The van der Waals surface area contributed by atoms with Gasteiger partial charge in [-0.25, -0.2) is 4.79 Å². The van der Waals surface area contributed by atoms with Crippen LogP contribution in [0.5, 0.6) is 5.75 Å². The van der Waals surface area contributed by atoms with Crippen LogP contribution in [0.3, 0.4) is 0 Å². The fraction of sp³-hybridized carbons (Fsp3) is 0.250. The summed E-state index contributed by atoms with van der Waals surface area (Å²) in [7, 11) is 1.53. The number of hydrogen-bond donors (Lipinski definition) is 2. The normalized spacial score (nSPS) is 17.7. The minimum Gasteiger partial charge on any atom is -0.509 e. The number of β-lactam (4-membered cyclic amide) rings is 1. The second-order valence-electron chi connectivity index (χ2n) is 7.39. The number of carbonyl (C=O) groups is 4. The number of likely N-dealkylation sites (tertiary alicyclic amines) is 1. The van der Waals surface area contributed by atoms with Crippen molar-refractivity contribution in [3.05, 3.63) is 77.2 Å². The van der Waals surface area contributed by atoms with Crippen LogP contribution in [0.4, 0.5) is 0 Å². The minimum absolute atomic E-state index is 0.0440. The van der Waals surface area contributed by atoms with Gasteiger partial charge in [-0.3, -0.25) is 19.3 Å². The van der Waals surface area contributed by atoms with E-state index in [4.69, 9.17) is 9.47 Å². The van der Waals surface area contributed by atoms with Crippen LogP contribution in [-0.2, 0) is 36.9 Å². The van der Waals surface area contributed by atoms with Crippen molar-refractivity contribution >= 4 is 51.1 Å². The monoisotopic (exact) mass is 562 g/mol. The lowest BCUT2D eigenvalue weighted by Gasteiger charge is -2.45. The first-order valence-electron chi connectivity index (χ1n) is 10.4. The summed E-state index contributed by atoms with van der Waals surface area (Å²) in [4.78, 5) is 50.5. The number of nitrogens with one attached hydrogen (secondary N) is 1. The summed E-state index contributed by atoms with van der Waals surface area (Å²) in [6, 6.07) is 14.7. The molecule has 2 aromatic rings. The molecule has 0 saturated carbocycles. The highest BCUT2D eigenvalue weighted by molar-refractivity contribution is 9.09. The molecule has 1 heterocycles. The number of esters is 1. The number of aliphatic hydroxyl groups excluding tert-OH is 1. The minimum atomic E-state index is -1.05. The number of alkyl halides is 1. The molecule has 1 saturated heterocycles. The molecule has 2 amide bonds. The van der Waals surface area contributed by atoms with Gasteiger partial charge < -0.3 is 19.9 Å². The van der Waals surface area contributed by atoms with Crippen molar-refractivity contribution in [2.24, 2.45) is 0 Å². The highest BCUT2D eigenvalue weighted by Gasteiger charge is 2.52. The molecule has 0 spiro atoms. The number of nitrogens with zero attached hydrogens (tertiary/aromatic N) is 1. The number of methoxy groups -OCH3 is 1. The van der Waals surface area contributed by atoms with Gasteiger partial charge in [0.1, 0.15) is 29.5 Å². The molecule has 2 atom stereocenters. The number of allylic oxidation sites excluding steroid dienone is 1. The largest absolute Gasteiger partial charge is 0.509 e. The summed E-state index contributed by atoms with van der Waals surface area (Å²) in [5.41, 5.74) is 1.53. The zero-order valence-corrected chi connectivity index (χ0v) is 21.1. The Morgan fingerprint density at radius 1 is 1.14 bits per heavy atom. The number of carbonyl (C=O) groups excluding carboxylic acids is 4. The number of benzene rings is 2. The van der Waals surface area contributed by atoms with Crippen molar-refractivity contribution in [3.8, 4) is 5.75 Å². The van der Waals surface area contributed by atoms with E-state index in [-0.39, 0.29) is 18.4 Å². The van der Waals surface area contributed by atoms with Gasteiger partial charge in [-0.05, 0) is 23.3 Å². The van der Waals surface area contributed by atoms with E-state index in [1.165, 1.54) is 7.11 Å². The second kappa shape index (κ2) is 12.4. The van der Waals surface area contributed by atoms with E-state index < -0.39 is 40.7 Å². The summed E-state index contributed by atoms with van der Waals surface area (Å²) >= 11 is 3.78. The zero-order chi connectivity index (χ0) is 25.4. The summed E-state index contributed by atoms with van der Waals surface area (Å²) in [6.45, 7) is -0.118. The second-order valence-corrected chi connectivity index (χ2v) is 8.90. The molecule has 11 heteroatoms. The van der Waals surface area contributed by atoms with Crippen LogP contribution >= 0.6 is 27.7 Å². The van der Waals surface area contributed by atoms with E-state index in [0.29, 0.717) is 28.7 Å². The van der Waals surface area contributed by atoms with Gasteiger partial charge in [-0.1, -0.05) is 70.2 Å². The molecule has 0 aromatic heterocycles. The zero-order valence-electron chi connectivity index (χ0n) is 18.7. The van der Waals surface area contributed by atoms with E-state index in [2.05, 4.69) is 21.2 Å². The van der Waals surface area contributed by atoms with Gasteiger partial charge in [0, 0.05) is 0 Å². The molecule has 2 N–H and O–H groups in total. The quantitative estimate of drug-likeness (QED) is 0.107. The van der Waals surface area contributed by atoms with Crippen LogP contribution in [0.25, 0.3) is 0 Å². The molecule has 3 rings (SSSR count). The Morgan fingerprint density at radius 2 is 1.83 bits per heavy atom. The lowest BCUT2D eigenvalue weighted by Crippen LogP contribution is -2.69. The molecule has 1 fully saturated rings. The molecule has 35 heavy (non-hydrogen) atoms. The van der Waals surface area contributed by atoms with E-state index in [1.807, 2.05) is 6.07 Å². The summed E-state index contributed by atoms with van der Waals surface area (Å²) < 4.78 is 10.4. The molecule has 2 unspecified atom stereocenters. The summed E-state index contributed by atoms with van der Waals surface area (Å²) in [5.74, 6) is -1.81. The Balaban J connectivity index is 1.72. The van der Waals surface area contributed by atoms with Gasteiger partial charge in [0.15, 0.2) is 11.3 Å². The number of ether oxygens (including phenoxy) is 2. The Labute approximate surface area is 214 Å². The smallest absolute Gasteiger partial charge is 0.358 e. The van der Waals surface area contributed by atoms with Crippen LogP contribution in [0.15, 0.2) is 66.1 Å². The van der Waals surface area contributed by atoms with Gasteiger partial charge in [-0.15, -0.1) is 0 Å². The number of aliphatic hydroxyl groups is 1. The van der Waals surface area contributed by atoms with E-state index >= 15 is 0 Å². The third kappa shape index (κ3) is 6.43. The number of hydrogen-bond acceptors (Lipinski definition) is 8. The first kappa shape index (κ1) is 26.3. The molecule has 2 aromatic carbocycles. The SMILES string of the molecule is COc1ccc(COC(=O)C(=C(O)CBr)N2C(=O)C(NC(=O)Cc3ccccc3)C2SC=O)cc1. The van der Waals surface area contributed by atoms with Gasteiger partial charge in [-0.2, -0.15) is 0 Å². The summed E-state index contributed by atoms with van der Waals surface area (Å²) in [6.07, 6.45) is 0.0440. The predicted molar refractivity (Wildman–Crippen MR) is 133 cm³/mol. The van der Waals surface area contributed by atoms with Crippen molar-refractivity contribution < 1.29 is 33.8 Å². The Hall–Kier alpha value is -3.31. The van der Waals surface area contributed by atoms with Gasteiger partial charge >= 0.3 is 5.97 Å². The molecule has 0 bridgehead atoms. The fourth-order valence-electron chi connectivity index (χ4n) is 3.39. The first-order valence-corrected chi connectivity index (χ1v) is 12.5. The maximum Gasteiger partial charge on any atom is 0.358 e. The molecular weight excluding hydrogens is 540 g/mol. The molecule has 9 nitrogen and oxygen atoms in total. The Morgan fingerprint density at radius 3 is 2.43 bits per heavy atom. The molecule has 1 aliphatic heterocycles. The van der Waals surface area contributed by atoms with E-state index in [0.717, 1.165) is 10.5 Å². The van der Waals surface area contributed by atoms with Crippen LogP contribution in [-0.4, -0.2) is 57.3 Å². The standard InChI is InChI=1S/C24H23BrN2O7S/c1-33-17-9-7-16(8-10-17)13-34-24(32)21(18(29)12-25)27-22(31)20(23(27)35-14-28)26-19(30)11-15-5-3-2-4-6-15/h2-10,14,20,23,29H,11-13H2,1H3,(H,26,30). The van der Waals surface area contributed by atoms with E-state index in [9.17, 15) is 24.3 Å². The predicted octanol–water partition coefficient (Wildman–Crippen LogP) is 2.72. The van der Waals surface area contributed by atoms with Crippen molar-refractivity contribution in [3.63, 3.8) is 0 Å². The number of rotatable bonds is 11. The first-order chi connectivity index (χ1) is 16.9. The van der Waals surface area contributed by atoms with Crippen LogP contribution in [0.1, 0.15) is 11.1 Å². The Bertz CT molecular complexity index is 1110. The highest BCUT2D eigenvalue weighted by Crippen LogP contribution is 2.34. The van der Waals surface area contributed by atoms with Gasteiger partial charge in [0.25, 0.3) is 5.91 Å². The van der Waals surface area contributed by atoms with Crippen LogP contribution in [0, 0.1) is 0 Å². The third-order valence-corrected chi connectivity index (χ3v) is 6.53. The number of amides is 2. The molecule has 184 valence electrons.